The minimum Gasteiger partial charge on any atom is -0.384 e. The summed E-state index contributed by atoms with van der Waals surface area (Å²) >= 11 is 0. The SMILES string of the molecule is CC(Cc1cc(C(=N)N)ccc1F)C(=O)NCC(=O)NCCc1c[nH]c2ccccc12. The summed E-state index contributed by atoms with van der Waals surface area (Å²) in [6.07, 6.45) is 2.74. The van der Waals surface area contributed by atoms with Gasteiger partial charge in [-0.1, -0.05) is 25.1 Å². The predicted molar refractivity (Wildman–Crippen MR) is 118 cm³/mol. The molecule has 1 unspecified atom stereocenters. The Bertz CT molecular complexity index is 1110. The molecule has 0 bridgehead atoms. The molecule has 2 amide bonds. The molecule has 0 aliphatic heterocycles. The van der Waals surface area contributed by atoms with E-state index in [4.69, 9.17) is 11.1 Å². The van der Waals surface area contributed by atoms with Crippen LogP contribution in [0.5, 0.6) is 0 Å². The normalized spacial score (nSPS) is 11.8. The lowest BCUT2D eigenvalue weighted by atomic mass is 9.98. The van der Waals surface area contributed by atoms with Crippen LogP contribution in [0.3, 0.4) is 0 Å². The maximum atomic E-state index is 14.0. The summed E-state index contributed by atoms with van der Waals surface area (Å²) in [4.78, 5) is 27.6. The highest BCUT2D eigenvalue weighted by molar-refractivity contribution is 5.95. The molecule has 2 aromatic carbocycles. The fourth-order valence-electron chi connectivity index (χ4n) is 3.40. The number of para-hydroxylation sites is 1. The van der Waals surface area contributed by atoms with E-state index in [0.29, 0.717) is 24.1 Å². The summed E-state index contributed by atoms with van der Waals surface area (Å²) in [5.41, 5.74) is 8.31. The number of carbonyl (C=O) groups excluding carboxylic acids is 2. The first-order chi connectivity index (χ1) is 14.8. The van der Waals surface area contributed by atoms with Gasteiger partial charge < -0.3 is 21.4 Å². The molecule has 3 rings (SSSR count). The van der Waals surface area contributed by atoms with Crippen LogP contribution in [-0.2, 0) is 22.4 Å². The average Bonchev–Trinajstić information content (AvgIpc) is 3.16. The Balaban J connectivity index is 1.44. The molecule has 31 heavy (non-hydrogen) atoms. The van der Waals surface area contributed by atoms with Gasteiger partial charge in [0.2, 0.25) is 11.8 Å². The van der Waals surface area contributed by atoms with Crippen molar-refractivity contribution in [3.63, 3.8) is 0 Å². The van der Waals surface area contributed by atoms with E-state index in [1.54, 1.807) is 6.92 Å². The highest BCUT2D eigenvalue weighted by Crippen LogP contribution is 2.18. The molecule has 6 N–H and O–H groups in total. The van der Waals surface area contributed by atoms with Gasteiger partial charge in [0.05, 0.1) is 6.54 Å². The number of nitrogens with one attached hydrogen (secondary N) is 4. The molecule has 0 saturated heterocycles. The number of nitrogen functional groups attached to an aromatic ring is 1. The number of fused-ring (bicyclic) bond motifs is 1. The van der Waals surface area contributed by atoms with Crippen molar-refractivity contribution in [1.29, 1.82) is 5.41 Å². The van der Waals surface area contributed by atoms with Gasteiger partial charge in [0, 0.05) is 35.1 Å². The van der Waals surface area contributed by atoms with Crippen LogP contribution in [-0.4, -0.2) is 35.7 Å². The number of hydrogen-bond donors (Lipinski definition) is 5. The second kappa shape index (κ2) is 9.88. The summed E-state index contributed by atoms with van der Waals surface area (Å²) in [6, 6.07) is 12.1. The maximum absolute atomic E-state index is 14.0. The number of amides is 2. The summed E-state index contributed by atoms with van der Waals surface area (Å²) in [7, 11) is 0. The quantitative estimate of drug-likeness (QED) is 0.268. The van der Waals surface area contributed by atoms with Gasteiger partial charge in [-0.05, 0) is 48.2 Å². The number of amidine groups is 1. The highest BCUT2D eigenvalue weighted by Gasteiger charge is 2.17. The number of H-pyrrole nitrogens is 1. The number of carbonyl (C=O) groups is 2. The van der Waals surface area contributed by atoms with Crippen molar-refractivity contribution in [3.05, 3.63) is 71.2 Å². The maximum Gasteiger partial charge on any atom is 0.239 e. The van der Waals surface area contributed by atoms with Crippen LogP contribution in [0.1, 0.15) is 23.6 Å². The van der Waals surface area contributed by atoms with E-state index in [2.05, 4.69) is 15.6 Å². The van der Waals surface area contributed by atoms with E-state index in [9.17, 15) is 14.0 Å². The lowest BCUT2D eigenvalue weighted by Gasteiger charge is -2.13. The summed E-state index contributed by atoms with van der Waals surface area (Å²) in [5.74, 6) is -1.80. The number of benzene rings is 2. The van der Waals surface area contributed by atoms with E-state index in [1.807, 2.05) is 30.5 Å². The topological polar surface area (TPSA) is 124 Å². The summed E-state index contributed by atoms with van der Waals surface area (Å²) < 4.78 is 14.0. The summed E-state index contributed by atoms with van der Waals surface area (Å²) in [6.45, 7) is 1.96. The predicted octanol–water partition coefficient (Wildman–Crippen LogP) is 2.24. The molecule has 1 aromatic heterocycles. The first kappa shape index (κ1) is 22.0. The Morgan fingerprint density at radius 3 is 2.71 bits per heavy atom. The number of halogens is 1. The third-order valence-corrected chi connectivity index (χ3v) is 5.15. The summed E-state index contributed by atoms with van der Waals surface area (Å²) in [5, 5.41) is 14.0. The molecule has 3 aromatic rings. The van der Waals surface area contributed by atoms with Crippen molar-refractivity contribution in [3.8, 4) is 0 Å². The van der Waals surface area contributed by atoms with Crippen LogP contribution >= 0.6 is 0 Å². The highest BCUT2D eigenvalue weighted by atomic mass is 19.1. The van der Waals surface area contributed by atoms with Gasteiger partial charge >= 0.3 is 0 Å². The van der Waals surface area contributed by atoms with E-state index >= 15 is 0 Å². The van der Waals surface area contributed by atoms with Crippen molar-refractivity contribution in [2.24, 2.45) is 11.7 Å². The number of rotatable bonds is 9. The molecule has 0 saturated carbocycles. The largest absolute Gasteiger partial charge is 0.384 e. The van der Waals surface area contributed by atoms with Crippen LogP contribution < -0.4 is 16.4 Å². The molecule has 0 spiro atoms. The minimum atomic E-state index is -0.546. The molecule has 0 aliphatic rings. The zero-order valence-corrected chi connectivity index (χ0v) is 17.3. The Labute approximate surface area is 179 Å². The van der Waals surface area contributed by atoms with E-state index in [0.717, 1.165) is 16.5 Å². The first-order valence-corrected chi connectivity index (χ1v) is 10.1. The minimum absolute atomic E-state index is 0.140. The number of aromatic amines is 1. The molecule has 1 atom stereocenters. The Morgan fingerprint density at radius 2 is 1.94 bits per heavy atom. The molecule has 1 heterocycles. The van der Waals surface area contributed by atoms with Gasteiger partial charge in [0.1, 0.15) is 11.7 Å². The van der Waals surface area contributed by atoms with E-state index < -0.39 is 11.7 Å². The van der Waals surface area contributed by atoms with Crippen molar-refractivity contribution in [2.45, 2.75) is 19.8 Å². The molecule has 7 nitrogen and oxygen atoms in total. The molecule has 0 fully saturated rings. The van der Waals surface area contributed by atoms with Gasteiger partial charge in [-0.25, -0.2) is 4.39 Å². The van der Waals surface area contributed by atoms with Crippen molar-refractivity contribution in [2.75, 3.05) is 13.1 Å². The Hall–Kier alpha value is -3.68. The molecular weight excluding hydrogens is 397 g/mol. The zero-order chi connectivity index (χ0) is 22.4. The fourth-order valence-corrected chi connectivity index (χ4v) is 3.40. The van der Waals surface area contributed by atoms with Crippen molar-refractivity contribution >= 4 is 28.6 Å². The fraction of sp³-hybridized carbons (Fsp3) is 0.261. The second-order valence-corrected chi connectivity index (χ2v) is 7.50. The van der Waals surface area contributed by atoms with Crippen molar-refractivity contribution < 1.29 is 14.0 Å². The van der Waals surface area contributed by atoms with Gasteiger partial charge in [-0.3, -0.25) is 15.0 Å². The van der Waals surface area contributed by atoms with Gasteiger partial charge in [-0.2, -0.15) is 0 Å². The first-order valence-electron chi connectivity index (χ1n) is 10.1. The molecule has 0 radical (unpaired) electrons. The second-order valence-electron chi connectivity index (χ2n) is 7.50. The lowest BCUT2D eigenvalue weighted by molar-refractivity contribution is -0.128. The third-order valence-electron chi connectivity index (χ3n) is 5.15. The molecule has 0 aliphatic carbocycles. The monoisotopic (exact) mass is 423 g/mol. The zero-order valence-electron chi connectivity index (χ0n) is 17.3. The number of aromatic nitrogens is 1. The Morgan fingerprint density at radius 1 is 1.16 bits per heavy atom. The average molecular weight is 423 g/mol. The van der Waals surface area contributed by atoms with Gasteiger partial charge in [0.15, 0.2) is 0 Å². The molecular formula is C23H26FN5O2. The van der Waals surface area contributed by atoms with Gasteiger partial charge in [-0.15, -0.1) is 0 Å². The molecule has 8 heteroatoms. The molecule has 162 valence electrons. The third kappa shape index (κ3) is 5.69. The standard InChI is InChI=1S/C23H26FN5O2/c1-14(10-17-11-15(22(25)26)6-7-19(17)24)23(31)29-13-21(30)27-9-8-16-12-28-20-5-3-2-4-18(16)20/h2-7,11-12,14,28H,8-10,13H2,1H3,(H3,25,26)(H,27,30)(H,29,31). The smallest absolute Gasteiger partial charge is 0.239 e. The van der Waals surface area contributed by atoms with Crippen LogP contribution in [0.4, 0.5) is 4.39 Å². The van der Waals surface area contributed by atoms with Crippen molar-refractivity contribution in [1.82, 2.24) is 15.6 Å². The number of hydrogen-bond acceptors (Lipinski definition) is 3. The van der Waals surface area contributed by atoms with E-state index in [1.165, 1.54) is 18.2 Å². The number of nitrogens with two attached hydrogens (primary N) is 1. The van der Waals surface area contributed by atoms with Crippen LogP contribution in [0, 0.1) is 17.1 Å². The van der Waals surface area contributed by atoms with Crippen LogP contribution in [0.2, 0.25) is 0 Å². The van der Waals surface area contributed by atoms with Gasteiger partial charge in [0.25, 0.3) is 0 Å². The van der Waals surface area contributed by atoms with E-state index in [-0.39, 0.29) is 30.6 Å². The lowest BCUT2D eigenvalue weighted by Crippen LogP contribution is -2.40. The van der Waals surface area contributed by atoms with Crippen LogP contribution in [0.25, 0.3) is 10.9 Å². The Kier molecular flexibility index (Phi) is 7.02. The van der Waals surface area contributed by atoms with Crippen LogP contribution in [0.15, 0.2) is 48.7 Å².